The topological polar surface area (TPSA) is 106 Å². The molecule has 0 heterocycles. The zero-order valence-corrected chi connectivity index (χ0v) is 12.7. The van der Waals surface area contributed by atoms with Crippen molar-refractivity contribution < 1.29 is 16.8 Å². The average molecular weight is 306 g/mol. The Morgan fingerprint density at radius 3 is 2.21 bits per heavy atom. The summed E-state index contributed by atoms with van der Waals surface area (Å²) in [5.41, 5.74) is -0.223. The average Bonchev–Trinajstić information content (AvgIpc) is 2.11. The third-order valence-corrected chi connectivity index (χ3v) is 4.76. The van der Waals surface area contributed by atoms with Gasteiger partial charge in [-0.15, -0.1) is 0 Å². The lowest BCUT2D eigenvalue weighted by atomic mass is 10.0. The molecule has 6 nitrogen and oxygen atoms in total. The van der Waals surface area contributed by atoms with Crippen LogP contribution in [0.1, 0.15) is 20.8 Å². The second kappa shape index (κ2) is 5.10. The maximum atomic E-state index is 11.9. The Bertz CT molecular complexity index is 658. The first-order valence-corrected chi connectivity index (χ1v) is 8.72. The highest BCUT2D eigenvalue weighted by Crippen LogP contribution is 2.20. The van der Waals surface area contributed by atoms with Crippen molar-refractivity contribution in [3.05, 3.63) is 24.3 Å². The van der Waals surface area contributed by atoms with Gasteiger partial charge in [0, 0.05) is 5.69 Å². The SMILES string of the molecule is CC(C)(C)CS(=O)(=O)Nc1cccc(S(N)(=O)=O)c1. The van der Waals surface area contributed by atoms with E-state index in [1.807, 2.05) is 0 Å². The summed E-state index contributed by atoms with van der Waals surface area (Å²) in [5, 5.41) is 4.99. The summed E-state index contributed by atoms with van der Waals surface area (Å²) >= 11 is 0. The van der Waals surface area contributed by atoms with E-state index in [4.69, 9.17) is 5.14 Å². The van der Waals surface area contributed by atoms with Gasteiger partial charge >= 0.3 is 0 Å². The summed E-state index contributed by atoms with van der Waals surface area (Å²) in [4.78, 5) is -0.136. The van der Waals surface area contributed by atoms with E-state index in [1.54, 1.807) is 20.8 Å². The van der Waals surface area contributed by atoms with Crippen LogP contribution in [-0.2, 0) is 20.0 Å². The van der Waals surface area contributed by atoms with E-state index in [0.717, 1.165) is 0 Å². The molecule has 1 aromatic carbocycles. The molecule has 0 saturated heterocycles. The van der Waals surface area contributed by atoms with Gasteiger partial charge in [-0.2, -0.15) is 0 Å². The maximum absolute atomic E-state index is 11.9. The third-order valence-electron chi connectivity index (χ3n) is 2.06. The summed E-state index contributed by atoms with van der Waals surface area (Å²) in [7, 11) is -7.39. The smallest absolute Gasteiger partial charge is 0.238 e. The number of nitrogens with one attached hydrogen (secondary N) is 1. The van der Waals surface area contributed by atoms with E-state index in [-0.39, 0.29) is 16.3 Å². The first kappa shape index (κ1) is 15.9. The summed E-state index contributed by atoms with van der Waals surface area (Å²) in [6.07, 6.45) is 0. The highest BCUT2D eigenvalue weighted by atomic mass is 32.2. The zero-order valence-electron chi connectivity index (χ0n) is 11.0. The second-order valence-corrected chi connectivity index (χ2v) is 8.78. The molecule has 0 saturated carbocycles. The largest absolute Gasteiger partial charge is 0.283 e. The Labute approximate surface area is 114 Å². The van der Waals surface area contributed by atoms with Crippen LogP contribution in [0.3, 0.4) is 0 Å². The van der Waals surface area contributed by atoms with Crippen molar-refractivity contribution in [2.45, 2.75) is 25.7 Å². The van der Waals surface area contributed by atoms with Crippen LogP contribution in [0.25, 0.3) is 0 Å². The molecule has 8 heteroatoms. The van der Waals surface area contributed by atoms with Gasteiger partial charge in [0.05, 0.1) is 10.6 Å². The quantitative estimate of drug-likeness (QED) is 0.869. The minimum atomic E-state index is -3.85. The van der Waals surface area contributed by atoms with E-state index in [1.165, 1.54) is 24.3 Å². The number of primary sulfonamides is 1. The van der Waals surface area contributed by atoms with Gasteiger partial charge in [-0.05, 0) is 23.6 Å². The summed E-state index contributed by atoms with van der Waals surface area (Å²) < 4.78 is 48.5. The Hall–Kier alpha value is -1.12. The van der Waals surface area contributed by atoms with Gasteiger partial charge < -0.3 is 0 Å². The fraction of sp³-hybridized carbons (Fsp3) is 0.455. The highest BCUT2D eigenvalue weighted by Gasteiger charge is 2.21. The number of rotatable bonds is 4. The van der Waals surface area contributed by atoms with Gasteiger partial charge in [0.1, 0.15) is 0 Å². The molecule has 3 N–H and O–H groups in total. The number of benzene rings is 1. The van der Waals surface area contributed by atoms with E-state index >= 15 is 0 Å². The fourth-order valence-electron chi connectivity index (χ4n) is 1.52. The molecule has 108 valence electrons. The lowest BCUT2D eigenvalue weighted by molar-refractivity contribution is 0.463. The molecule has 0 aliphatic heterocycles. The van der Waals surface area contributed by atoms with Crippen LogP contribution in [0.4, 0.5) is 5.69 Å². The molecule has 1 aromatic rings. The molecule has 19 heavy (non-hydrogen) atoms. The van der Waals surface area contributed by atoms with E-state index in [0.29, 0.717) is 0 Å². The van der Waals surface area contributed by atoms with Crippen molar-refractivity contribution in [2.24, 2.45) is 10.6 Å². The predicted molar refractivity (Wildman–Crippen MR) is 74.7 cm³/mol. The standard InChI is InChI=1S/C11H18N2O4S2/c1-11(2,3)8-18(14,15)13-9-5-4-6-10(7-9)19(12,16)17/h4-7,13H,8H2,1-3H3,(H2,12,16,17). The molecule has 0 unspecified atom stereocenters. The second-order valence-electron chi connectivity index (χ2n) is 5.49. The molecule has 0 spiro atoms. The Morgan fingerprint density at radius 2 is 1.74 bits per heavy atom. The van der Waals surface area contributed by atoms with Gasteiger partial charge in [-0.3, -0.25) is 4.72 Å². The molecule has 0 aromatic heterocycles. The molecular weight excluding hydrogens is 288 g/mol. The molecule has 0 bridgehead atoms. The highest BCUT2D eigenvalue weighted by molar-refractivity contribution is 7.92. The van der Waals surface area contributed by atoms with Gasteiger partial charge in [0.25, 0.3) is 0 Å². The molecule has 0 amide bonds. The first-order valence-electron chi connectivity index (χ1n) is 5.52. The van der Waals surface area contributed by atoms with Gasteiger partial charge in [-0.25, -0.2) is 22.0 Å². The molecule has 1 rings (SSSR count). The summed E-state index contributed by atoms with van der Waals surface area (Å²) in [5.74, 6) is -0.0698. The monoisotopic (exact) mass is 306 g/mol. The number of nitrogens with two attached hydrogens (primary N) is 1. The number of hydrogen-bond acceptors (Lipinski definition) is 4. The van der Waals surface area contributed by atoms with Crippen LogP contribution in [0.5, 0.6) is 0 Å². The van der Waals surface area contributed by atoms with Crippen molar-refractivity contribution in [1.82, 2.24) is 0 Å². The van der Waals surface area contributed by atoms with Crippen LogP contribution >= 0.6 is 0 Å². The predicted octanol–water partition coefficient (Wildman–Crippen LogP) is 1.12. The van der Waals surface area contributed by atoms with Crippen molar-refractivity contribution in [3.63, 3.8) is 0 Å². The van der Waals surface area contributed by atoms with Crippen molar-refractivity contribution in [1.29, 1.82) is 0 Å². The molecule has 0 aliphatic rings. The van der Waals surface area contributed by atoms with Gasteiger partial charge in [-0.1, -0.05) is 26.8 Å². The van der Waals surface area contributed by atoms with E-state index < -0.39 is 25.5 Å². The molecule has 0 radical (unpaired) electrons. The fourth-order valence-corrected chi connectivity index (χ4v) is 3.78. The molecule has 0 aliphatic carbocycles. The van der Waals surface area contributed by atoms with E-state index in [9.17, 15) is 16.8 Å². The summed E-state index contributed by atoms with van der Waals surface area (Å²) in [6, 6.07) is 5.38. The van der Waals surface area contributed by atoms with Crippen LogP contribution in [-0.4, -0.2) is 22.6 Å². The van der Waals surface area contributed by atoms with Crippen molar-refractivity contribution >= 4 is 25.7 Å². The zero-order chi connectivity index (χ0) is 14.9. The van der Waals surface area contributed by atoms with Crippen LogP contribution in [0, 0.1) is 5.41 Å². The first-order chi connectivity index (χ1) is 8.39. The van der Waals surface area contributed by atoms with Gasteiger partial charge in [0.2, 0.25) is 20.0 Å². The molecule has 0 atom stereocenters. The van der Waals surface area contributed by atoms with E-state index in [2.05, 4.69) is 4.72 Å². The maximum Gasteiger partial charge on any atom is 0.238 e. The molecule has 0 fully saturated rings. The minimum Gasteiger partial charge on any atom is -0.283 e. The number of sulfonamides is 2. The van der Waals surface area contributed by atoms with Crippen LogP contribution in [0.15, 0.2) is 29.2 Å². The summed E-state index contributed by atoms with van der Waals surface area (Å²) in [6.45, 7) is 5.40. The Kier molecular flexibility index (Phi) is 4.28. The Morgan fingerprint density at radius 1 is 1.16 bits per heavy atom. The van der Waals surface area contributed by atoms with Crippen LogP contribution in [0.2, 0.25) is 0 Å². The third kappa shape index (κ3) is 5.58. The van der Waals surface area contributed by atoms with Gasteiger partial charge in [0.15, 0.2) is 0 Å². The lowest BCUT2D eigenvalue weighted by Gasteiger charge is -2.18. The molecular formula is C11H18N2O4S2. The van der Waals surface area contributed by atoms with Crippen LogP contribution < -0.4 is 9.86 Å². The van der Waals surface area contributed by atoms with Crippen molar-refractivity contribution in [3.8, 4) is 0 Å². The number of hydrogen-bond donors (Lipinski definition) is 2. The normalized spacial score (nSPS) is 13.3. The van der Waals surface area contributed by atoms with Crippen molar-refractivity contribution in [2.75, 3.05) is 10.5 Å². The Balaban J connectivity index is 3.02. The minimum absolute atomic E-state index is 0.0698. The number of anilines is 1. The lowest BCUT2D eigenvalue weighted by Crippen LogP contribution is -2.26.